The van der Waals surface area contributed by atoms with Crippen molar-refractivity contribution >= 4 is 16.3 Å². The average Bonchev–Trinajstić information content (AvgIpc) is 3.07. The molecular formula is C18H19N3OS. The van der Waals surface area contributed by atoms with Crippen LogP contribution in [0.1, 0.15) is 32.2 Å². The van der Waals surface area contributed by atoms with Gasteiger partial charge in [-0.1, -0.05) is 20.8 Å². The van der Waals surface area contributed by atoms with Gasteiger partial charge in [-0.2, -0.15) is 5.26 Å². The monoisotopic (exact) mass is 325 g/mol. The second-order valence-corrected chi connectivity index (χ2v) is 7.30. The SMILES string of the molecule is COc1ccc(-c2nc3scc(C(C)(C)C)n3c2CC#N)cc1. The molecule has 0 bridgehead atoms. The van der Waals surface area contributed by atoms with Crippen LogP contribution in [-0.4, -0.2) is 16.5 Å². The van der Waals surface area contributed by atoms with Gasteiger partial charge in [0.1, 0.15) is 5.75 Å². The van der Waals surface area contributed by atoms with Gasteiger partial charge in [-0.05, 0) is 24.3 Å². The average molecular weight is 325 g/mol. The molecule has 0 atom stereocenters. The second-order valence-electron chi connectivity index (χ2n) is 6.46. The Morgan fingerprint density at radius 1 is 1.26 bits per heavy atom. The normalized spacial score (nSPS) is 11.6. The van der Waals surface area contributed by atoms with Gasteiger partial charge >= 0.3 is 0 Å². The predicted octanol–water partition coefficient (Wildman–Crippen LogP) is 4.43. The molecule has 0 aliphatic rings. The molecule has 3 aromatic rings. The first kappa shape index (κ1) is 15.6. The van der Waals surface area contributed by atoms with E-state index < -0.39 is 0 Å². The van der Waals surface area contributed by atoms with Crippen molar-refractivity contribution in [2.45, 2.75) is 32.6 Å². The molecule has 0 amide bonds. The lowest BCUT2D eigenvalue weighted by atomic mass is 9.93. The molecule has 5 heteroatoms. The summed E-state index contributed by atoms with van der Waals surface area (Å²) >= 11 is 1.62. The number of thiazole rings is 1. The maximum absolute atomic E-state index is 9.27. The number of imidazole rings is 1. The summed E-state index contributed by atoms with van der Waals surface area (Å²) in [4.78, 5) is 5.72. The van der Waals surface area contributed by atoms with E-state index in [-0.39, 0.29) is 5.41 Å². The van der Waals surface area contributed by atoms with E-state index >= 15 is 0 Å². The third kappa shape index (κ3) is 2.71. The summed E-state index contributed by atoms with van der Waals surface area (Å²) in [6.45, 7) is 6.53. The third-order valence-electron chi connectivity index (χ3n) is 3.84. The zero-order valence-corrected chi connectivity index (χ0v) is 14.6. The summed E-state index contributed by atoms with van der Waals surface area (Å²) in [5, 5.41) is 11.4. The first-order valence-electron chi connectivity index (χ1n) is 7.46. The zero-order valence-electron chi connectivity index (χ0n) is 13.8. The van der Waals surface area contributed by atoms with Crippen LogP contribution in [-0.2, 0) is 11.8 Å². The van der Waals surface area contributed by atoms with Crippen LogP contribution in [0.25, 0.3) is 16.2 Å². The molecular weight excluding hydrogens is 306 g/mol. The molecule has 0 aliphatic carbocycles. The van der Waals surface area contributed by atoms with Crippen molar-refractivity contribution in [3.8, 4) is 23.1 Å². The predicted molar refractivity (Wildman–Crippen MR) is 93.1 cm³/mol. The van der Waals surface area contributed by atoms with Crippen molar-refractivity contribution in [3.05, 3.63) is 41.0 Å². The molecule has 2 aromatic heterocycles. The van der Waals surface area contributed by atoms with E-state index in [1.54, 1.807) is 18.4 Å². The molecule has 23 heavy (non-hydrogen) atoms. The fraction of sp³-hybridized carbons (Fsp3) is 0.333. The van der Waals surface area contributed by atoms with E-state index in [2.05, 4.69) is 36.6 Å². The number of rotatable bonds is 3. The maximum atomic E-state index is 9.27. The van der Waals surface area contributed by atoms with Crippen LogP contribution in [0.4, 0.5) is 0 Å². The minimum atomic E-state index is 0.000331. The summed E-state index contributed by atoms with van der Waals surface area (Å²) in [5.41, 5.74) is 4.03. The van der Waals surface area contributed by atoms with Crippen molar-refractivity contribution in [1.82, 2.24) is 9.38 Å². The molecule has 0 spiro atoms. The van der Waals surface area contributed by atoms with E-state index in [1.807, 2.05) is 24.3 Å². The van der Waals surface area contributed by atoms with Gasteiger partial charge in [0.15, 0.2) is 4.96 Å². The van der Waals surface area contributed by atoms with Gasteiger partial charge in [0.25, 0.3) is 0 Å². The second kappa shape index (κ2) is 5.71. The highest BCUT2D eigenvalue weighted by Gasteiger charge is 2.24. The van der Waals surface area contributed by atoms with Gasteiger partial charge in [0, 0.05) is 22.1 Å². The minimum Gasteiger partial charge on any atom is -0.497 e. The fourth-order valence-corrected chi connectivity index (χ4v) is 3.78. The molecule has 2 heterocycles. The van der Waals surface area contributed by atoms with E-state index in [9.17, 15) is 5.26 Å². The molecule has 0 unspecified atom stereocenters. The first-order chi connectivity index (χ1) is 11.0. The van der Waals surface area contributed by atoms with E-state index in [0.717, 1.165) is 27.7 Å². The Morgan fingerprint density at radius 3 is 2.52 bits per heavy atom. The molecule has 0 fully saturated rings. The lowest BCUT2D eigenvalue weighted by Crippen LogP contribution is -2.15. The Bertz CT molecular complexity index is 876. The molecule has 0 N–H and O–H groups in total. The first-order valence-corrected chi connectivity index (χ1v) is 8.34. The van der Waals surface area contributed by atoms with Crippen LogP contribution in [0.5, 0.6) is 5.75 Å². The van der Waals surface area contributed by atoms with Gasteiger partial charge in [-0.25, -0.2) is 4.98 Å². The maximum Gasteiger partial charge on any atom is 0.194 e. The summed E-state index contributed by atoms with van der Waals surface area (Å²) in [7, 11) is 1.65. The van der Waals surface area contributed by atoms with E-state index in [1.165, 1.54) is 5.69 Å². The highest BCUT2D eigenvalue weighted by Crippen LogP contribution is 2.34. The molecule has 118 valence electrons. The number of methoxy groups -OCH3 is 1. The van der Waals surface area contributed by atoms with Gasteiger partial charge in [-0.3, -0.25) is 4.40 Å². The molecule has 1 aromatic carbocycles. The summed E-state index contributed by atoms with van der Waals surface area (Å²) in [5.74, 6) is 0.812. The van der Waals surface area contributed by atoms with Gasteiger partial charge in [0.2, 0.25) is 0 Å². The Kier molecular flexibility index (Phi) is 3.87. The molecule has 3 rings (SSSR count). The van der Waals surface area contributed by atoms with Gasteiger partial charge < -0.3 is 4.74 Å². The Labute approximate surface area is 140 Å². The Balaban J connectivity index is 2.22. The smallest absolute Gasteiger partial charge is 0.194 e. The summed E-state index contributed by atoms with van der Waals surface area (Å²) in [6, 6.07) is 10.1. The van der Waals surface area contributed by atoms with Crippen LogP contribution >= 0.6 is 11.3 Å². The lowest BCUT2D eigenvalue weighted by Gasteiger charge is -2.18. The van der Waals surface area contributed by atoms with Crippen molar-refractivity contribution in [1.29, 1.82) is 5.26 Å². The number of fused-ring (bicyclic) bond motifs is 1. The standard InChI is InChI=1S/C18H19N3OS/c1-18(2,3)15-11-23-17-20-16(14(9-10-19)21(15)17)12-5-7-13(22-4)8-6-12/h5-8,11H,9H2,1-4H3. The summed E-state index contributed by atoms with van der Waals surface area (Å²) < 4.78 is 7.36. The highest BCUT2D eigenvalue weighted by atomic mass is 32.1. The number of benzene rings is 1. The number of ether oxygens (including phenoxy) is 1. The highest BCUT2D eigenvalue weighted by molar-refractivity contribution is 7.15. The molecule has 0 radical (unpaired) electrons. The van der Waals surface area contributed by atoms with Crippen LogP contribution < -0.4 is 4.74 Å². The summed E-state index contributed by atoms with van der Waals surface area (Å²) in [6.07, 6.45) is 0.336. The van der Waals surface area contributed by atoms with E-state index in [0.29, 0.717) is 6.42 Å². The molecule has 0 saturated heterocycles. The van der Waals surface area contributed by atoms with Gasteiger partial charge in [0.05, 0.1) is 31.0 Å². The van der Waals surface area contributed by atoms with Crippen molar-refractivity contribution in [3.63, 3.8) is 0 Å². The third-order valence-corrected chi connectivity index (χ3v) is 4.66. The topological polar surface area (TPSA) is 50.3 Å². The van der Waals surface area contributed by atoms with Crippen molar-refractivity contribution < 1.29 is 4.74 Å². The largest absolute Gasteiger partial charge is 0.497 e. The number of hydrogen-bond donors (Lipinski definition) is 0. The lowest BCUT2D eigenvalue weighted by molar-refractivity contribution is 0.415. The fourth-order valence-electron chi connectivity index (χ4n) is 2.65. The molecule has 4 nitrogen and oxygen atoms in total. The van der Waals surface area contributed by atoms with Gasteiger partial charge in [-0.15, -0.1) is 11.3 Å². The Morgan fingerprint density at radius 2 is 1.96 bits per heavy atom. The van der Waals surface area contributed by atoms with Crippen molar-refractivity contribution in [2.75, 3.05) is 7.11 Å². The molecule has 0 saturated carbocycles. The van der Waals surface area contributed by atoms with Crippen LogP contribution in [0, 0.1) is 11.3 Å². The van der Waals surface area contributed by atoms with Crippen LogP contribution in [0.3, 0.4) is 0 Å². The minimum absolute atomic E-state index is 0.000331. The Hall–Kier alpha value is -2.32. The molecule has 0 aliphatic heterocycles. The van der Waals surface area contributed by atoms with Crippen LogP contribution in [0.2, 0.25) is 0 Å². The zero-order chi connectivity index (χ0) is 16.6. The number of aromatic nitrogens is 2. The number of nitriles is 1. The van der Waals surface area contributed by atoms with Crippen molar-refractivity contribution in [2.24, 2.45) is 0 Å². The quantitative estimate of drug-likeness (QED) is 0.715. The van der Waals surface area contributed by atoms with E-state index in [4.69, 9.17) is 9.72 Å². The van der Waals surface area contributed by atoms with Crippen LogP contribution in [0.15, 0.2) is 29.6 Å². The number of hydrogen-bond acceptors (Lipinski definition) is 4. The number of nitrogens with zero attached hydrogens (tertiary/aromatic N) is 3.